The minimum Gasteiger partial charge on any atom is -0.496 e. The Bertz CT molecular complexity index is 735. The number of benzene rings is 1. The van der Waals surface area contributed by atoms with Gasteiger partial charge < -0.3 is 20.3 Å². The lowest BCUT2D eigenvalue weighted by atomic mass is 9.93. The van der Waals surface area contributed by atoms with Gasteiger partial charge in [0.05, 0.1) is 23.4 Å². The van der Waals surface area contributed by atoms with Crippen LogP contribution in [0.2, 0.25) is 5.02 Å². The number of halogens is 1. The van der Waals surface area contributed by atoms with Crippen LogP contribution in [-0.4, -0.2) is 49.5 Å². The second-order valence-electron chi connectivity index (χ2n) is 7.35. The maximum absolute atomic E-state index is 12.9. The zero-order valence-corrected chi connectivity index (χ0v) is 15.1. The summed E-state index contributed by atoms with van der Waals surface area (Å²) >= 11 is 6.23. The second-order valence-corrected chi connectivity index (χ2v) is 7.76. The largest absolute Gasteiger partial charge is 0.496 e. The SMILES string of the molecule is COc1cc(NC(C)=O)c(Cl)cc1C(=O)N[C@@H]1[C@@H]2C[C@H]3CN(C2)C[C@H]31. The quantitative estimate of drug-likeness (QED) is 0.858. The molecule has 7 heteroatoms. The summed E-state index contributed by atoms with van der Waals surface area (Å²) < 4.78 is 5.35. The van der Waals surface area contributed by atoms with Gasteiger partial charge in [-0.05, 0) is 30.2 Å². The Kier molecular flexibility index (Phi) is 4.12. The molecular weight excluding hydrogens is 342 g/mol. The third-order valence-corrected chi connectivity index (χ3v) is 6.09. The van der Waals surface area contributed by atoms with E-state index in [1.807, 2.05) is 0 Å². The van der Waals surface area contributed by atoms with Gasteiger partial charge in [-0.15, -0.1) is 0 Å². The van der Waals surface area contributed by atoms with Crippen molar-refractivity contribution in [2.45, 2.75) is 19.4 Å². The number of carbonyl (C=O) groups is 2. The number of methoxy groups -OCH3 is 1. The molecule has 0 spiro atoms. The first kappa shape index (κ1) is 16.7. The monoisotopic (exact) mass is 363 g/mol. The molecule has 5 rings (SSSR count). The van der Waals surface area contributed by atoms with Crippen molar-refractivity contribution in [3.05, 3.63) is 22.7 Å². The number of hydrogen-bond donors (Lipinski definition) is 2. The first-order chi connectivity index (χ1) is 12.0. The Labute approximate surface area is 151 Å². The standard InChI is InChI=1S/C18H22ClN3O3/c1-9(23)20-15-5-16(25-2)12(4-14(15)19)18(24)21-17-11-3-10-6-22(7-11)8-13(10)17/h4-5,10-11,13,17H,3,6-8H2,1-2H3,(H,20,23)(H,21,24)/t10-,11+,13+,17+/m0/s1. The molecule has 1 saturated carbocycles. The van der Waals surface area contributed by atoms with Crippen LogP contribution in [0.4, 0.5) is 5.69 Å². The van der Waals surface area contributed by atoms with Crippen LogP contribution in [0.5, 0.6) is 5.75 Å². The molecule has 3 aliphatic heterocycles. The topological polar surface area (TPSA) is 70.7 Å². The molecule has 3 heterocycles. The third-order valence-electron chi connectivity index (χ3n) is 5.78. The molecule has 1 aromatic rings. The molecule has 6 nitrogen and oxygen atoms in total. The van der Waals surface area contributed by atoms with Crippen molar-refractivity contribution in [3.63, 3.8) is 0 Å². The van der Waals surface area contributed by atoms with Gasteiger partial charge in [0.1, 0.15) is 5.75 Å². The molecule has 0 aromatic heterocycles. The van der Waals surface area contributed by atoms with Gasteiger partial charge in [-0.1, -0.05) is 11.6 Å². The van der Waals surface area contributed by atoms with Gasteiger partial charge in [-0.25, -0.2) is 0 Å². The molecule has 2 amide bonds. The fourth-order valence-electron chi connectivity index (χ4n) is 4.84. The minimum absolute atomic E-state index is 0.163. The van der Waals surface area contributed by atoms with E-state index in [9.17, 15) is 9.59 Å². The summed E-state index contributed by atoms with van der Waals surface area (Å²) in [7, 11) is 1.50. The summed E-state index contributed by atoms with van der Waals surface area (Å²) in [5.74, 6) is 1.83. The fourth-order valence-corrected chi connectivity index (χ4v) is 5.05. The molecule has 1 aliphatic carbocycles. The van der Waals surface area contributed by atoms with Crippen LogP contribution >= 0.6 is 11.6 Å². The molecule has 3 saturated heterocycles. The average Bonchev–Trinajstić information content (AvgIpc) is 2.97. The highest BCUT2D eigenvalue weighted by Gasteiger charge is 2.53. The highest BCUT2D eigenvalue weighted by Crippen LogP contribution is 2.47. The lowest BCUT2D eigenvalue weighted by Crippen LogP contribution is -2.50. The number of carbonyl (C=O) groups excluding carboxylic acids is 2. The van der Waals surface area contributed by atoms with Crippen molar-refractivity contribution in [2.75, 3.05) is 32.1 Å². The fraction of sp³-hybridized carbons (Fsp3) is 0.556. The maximum Gasteiger partial charge on any atom is 0.255 e. The Morgan fingerprint density at radius 2 is 2.00 bits per heavy atom. The van der Waals surface area contributed by atoms with E-state index in [1.165, 1.54) is 27.0 Å². The Balaban J connectivity index is 1.56. The zero-order chi connectivity index (χ0) is 17.7. The maximum atomic E-state index is 12.9. The van der Waals surface area contributed by atoms with Crippen LogP contribution in [0.15, 0.2) is 12.1 Å². The van der Waals surface area contributed by atoms with E-state index in [1.54, 1.807) is 12.1 Å². The molecule has 4 aliphatic rings. The second kappa shape index (κ2) is 6.18. The van der Waals surface area contributed by atoms with Crippen molar-refractivity contribution in [3.8, 4) is 5.75 Å². The van der Waals surface area contributed by atoms with E-state index in [2.05, 4.69) is 15.5 Å². The molecule has 4 bridgehead atoms. The van der Waals surface area contributed by atoms with E-state index in [-0.39, 0.29) is 17.9 Å². The summed E-state index contributed by atoms with van der Waals surface area (Å²) in [6.45, 7) is 4.75. The van der Waals surface area contributed by atoms with Crippen LogP contribution in [0.25, 0.3) is 0 Å². The molecule has 1 unspecified atom stereocenters. The van der Waals surface area contributed by atoms with Gasteiger partial charge >= 0.3 is 0 Å². The summed E-state index contributed by atoms with van der Waals surface area (Å²) in [6, 6.07) is 3.39. The number of anilines is 1. The molecular formula is C18H22ClN3O3. The number of piperidine rings is 2. The summed E-state index contributed by atoms with van der Waals surface area (Å²) in [5.41, 5.74) is 0.841. The van der Waals surface area contributed by atoms with Gasteiger partial charge in [-0.2, -0.15) is 0 Å². The predicted octanol–water partition coefficient (Wildman–Crippen LogP) is 1.99. The smallest absolute Gasteiger partial charge is 0.255 e. The number of nitrogens with zero attached hydrogens (tertiary/aromatic N) is 1. The Morgan fingerprint density at radius 1 is 1.24 bits per heavy atom. The first-order valence-electron chi connectivity index (χ1n) is 8.64. The summed E-state index contributed by atoms with van der Waals surface area (Å²) in [4.78, 5) is 26.6. The lowest BCUT2D eigenvalue weighted by molar-refractivity contribution is -0.114. The van der Waals surface area contributed by atoms with E-state index >= 15 is 0 Å². The van der Waals surface area contributed by atoms with Gasteiger partial charge in [0, 0.05) is 38.7 Å². The normalized spacial score (nSPS) is 31.9. The molecule has 1 aromatic carbocycles. The number of ether oxygens (including phenoxy) is 1. The highest BCUT2D eigenvalue weighted by molar-refractivity contribution is 6.34. The van der Waals surface area contributed by atoms with Crippen LogP contribution in [0.3, 0.4) is 0 Å². The average molecular weight is 364 g/mol. The molecule has 2 N–H and O–H groups in total. The highest BCUT2D eigenvalue weighted by atomic mass is 35.5. The van der Waals surface area contributed by atoms with Gasteiger partial charge in [-0.3, -0.25) is 9.59 Å². The van der Waals surface area contributed by atoms with Crippen LogP contribution < -0.4 is 15.4 Å². The van der Waals surface area contributed by atoms with Gasteiger partial charge in [0.25, 0.3) is 5.91 Å². The molecule has 0 radical (unpaired) electrons. The Hall–Kier alpha value is -1.79. The summed E-state index contributed by atoms with van der Waals surface area (Å²) in [5, 5.41) is 6.19. The van der Waals surface area contributed by atoms with Crippen LogP contribution in [0.1, 0.15) is 23.7 Å². The van der Waals surface area contributed by atoms with E-state index in [0.29, 0.717) is 33.9 Å². The third kappa shape index (κ3) is 2.87. The van der Waals surface area contributed by atoms with Crippen LogP contribution in [0, 0.1) is 17.8 Å². The number of hydrogen-bond acceptors (Lipinski definition) is 4. The van der Waals surface area contributed by atoms with Crippen molar-refractivity contribution in [1.29, 1.82) is 0 Å². The van der Waals surface area contributed by atoms with E-state index in [4.69, 9.17) is 16.3 Å². The number of amides is 2. The van der Waals surface area contributed by atoms with Crippen molar-refractivity contribution < 1.29 is 14.3 Å². The molecule has 4 fully saturated rings. The number of nitrogens with one attached hydrogen (secondary N) is 2. The summed E-state index contributed by atoms with van der Waals surface area (Å²) in [6.07, 6.45) is 1.21. The van der Waals surface area contributed by atoms with Crippen molar-refractivity contribution in [2.24, 2.45) is 17.8 Å². The van der Waals surface area contributed by atoms with Crippen molar-refractivity contribution >= 4 is 29.1 Å². The zero-order valence-electron chi connectivity index (χ0n) is 14.3. The minimum atomic E-state index is -0.228. The Morgan fingerprint density at radius 3 is 2.68 bits per heavy atom. The first-order valence-corrected chi connectivity index (χ1v) is 9.02. The van der Waals surface area contributed by atoms with Crippen LogP contribution in [-0.2, 0) is 4.79 Å². The lowest BCUT2D eigenvalue weighted by Gasteiger charge is -2.35. The molecule has 25 heavy (non-hydrogen) atoms. The molecule has 5 atom stereocenters. The van der Waals surface area contributed by atoms with E-state index in [0.717, 1.165) is 19.0 Å². The molecule has 134 valence electrons. The predicted molar refractivity (Wildman–Crippen MR) is 95.1 cm³/mol. The van der Waals surface area contributed by atoms with E-state index < -0.39 is 0 Å². The van der Waals surface area contributed by atoms with Gasteiger partial charge in [0.15, 0.2) is 0 Å². The van der Waals surface area contributed by atoms with Crippen molar-refractivity contribution in [1.82, 2.24) is 10.2 Å². The van der Waals surface area contributed by atoms with Gasteiger partial charge in [0.2, 0.25) is 5.91 Å². The number of rotatable bonds is 4.